The zero-order valence-electron chi connectivity index (χ0n) is 13.4. The van der Waals surface area contributed by atoms with Gasteiger partial charge in [-0.15, -0.1) is 0 Å². The van der Waals surface area contributed by atoms with E-state index in [1.165, 1.54) is 15.9 Å². The van der Waals surface area contributed by atoms with Crippen LogP contribution < -0.4 is 10.2 Å². The summed E-state index contributed by atoms with van der Waals surface area (Å²) in [6.45, 7) is 5.19. The number of nitrogens with one attached hydrogen (secondary N) is 1. The predicted octanol–water partition coefficient (Wildman–Crippen LogP) is 2.41. The molecule has 1 aromatic rings. The van der Waals surface area contributed by atoms with E-state index in [-0.39, 0.29) is 17.6 Å². The van der Waals surface area contributed by atoms with Gasteiger partial charge in [-0.2, -0.15) is 0 Å². The summed E-state index contributed by atoms with van der Waals surface area (Å²) in [5.41, 5.74) is 1.80. The van der Waals surface area contributed by atoms with Crippen molar-refractivity contribution in [1.29, 1.82) is 0 Å². The van der Waals surface area contributed by atoms with Crippen LogP contribution in [-0.2, 0) is 4.79 Å². The number of urea groups is 1. The Balaban J connectivity index is 2.58. The maximum atomic E-state index is 14.3. The Kier molecular flexibility index (Phi) is 4.21. The van der Waals surface area contributed by atoms with Gasteiger partial charge in [0.25, 0.3) is 5.91 Å². The molecule has 1 unspecified atom stereocenters. The topological polar surface area (TPSA) is 52.7 Å². The number of anilines is 1. The number of hydrogen-bond acceptors (Lipinski definition) is 2. The fraction of sp³-hybridized carbons (Fsp3) is 0.375. The van der Waals surface area contributed by atoms with Crippen LogP contribution in [0.2, 0.25) is 0 Å². The third-order valence-electron chi connectivity index (χ3n) is 3.65. The molecule has 0 aliphatic carbocycles. The quantitative estimate of drug-likeness (QED) is 0.853. The summed E-state index contributed by atoms with van der Waals surface area (Å²) in [5, 5.41) is 2.72. The van der Waals surface area contributed by atoms with Crippen molar-refractivity contribution in [1.82, 2.24) is 10.2 Å². The number of hydrogen-bond donors (Lipinski definition) is 1. The average molecular weight is 305 g/mol. The van der Waals surface area contributed by atoms with Crippen molar-refractivity contribution in [3.8, 4) is 0 Å². The van der Waals surface area contributed by atoms with Crippen molar-refractivity contribution < 1.29 is 14.0 Å². The summed E-state index contributed by atoms with van der Waals surface area (Å²) in [5.74, 6) is -0.706. The third-order valence-corrected chi connectivity index (χ3v) is 3.65. The second-order valence-electron chi connectivity index (χ2n) is 5.67. The van der Waals surface area contributed by atoms with E-state index in [1.54, 1.807) is 47.0 Å². The standard InChI is InChI=1S/C16H20FN3O2/c1-9-6-7-13(12(17)8-9)20-14(11(3)18-16(20)22)10(2)15(21)19(4)5/h6-8,11H,1-5H3,(H,18,22)/b14-10+. The Morgan fingerprint density at radius 2 is 2.00 bits per heavy atom. The van der Waals surface area contributed by atoms with Gasteiger partial charge in [-0.3, -0.25) is 9.69 Å². The van der Waals surface area contributed by atoms with E-state index in [0.717, 1.165) is 5.56 Å². The fourth-order valence-electron chi connectivity index (χ4n) is 2.59. The van der Waals surface area contributed by atoms with E-state index in [0.29, 0.717) is 11.3 Å². The molecule has 1 saturated heterocycles. The Morgan fingerprint density at radius 3 is 2.55 bits per heavy atom. The van der Waals surface area contributed by atoms with Crippen LogP contribution in [0.5, 0.6) is 0 Å². The minimum atomic E-state index is -0.494. The maximum Gasteiger partial charge on any atom is 0.326 e. The molecule has 0 saturated carbocycles. The van der Waals surface area contributed by atoms with Crippen molar-refractivity contribution in [2.75, 3.05) is 19.0 Å². The Bertz CT molecular complexity index is 667. The molecule has 1 aliphatic heterocycles. The van der Waals surface area contributed by atoms with E-state index in [9.17, 15) is 14.0 Å². The number of rotatable bonds is 2. The van der Waals surface area contributed by atoms with Crippen LogP contribution in [-0.4, -0.2) is 37.0 Å². The van der Waals surface area contributed by atoms with E-state index in [1.807, 2.05) is 0 Å². The van der Waals surface area contributed by atoms with Gasteiger partial charge in [-0.25, -0.2) is 9.18 Å². The number of benzene rings is 1. The second-order valence-corrected chi connectivity index (χ2v) is 5.67. The minimum Gasteiger partial charge on any atom is -0.345 e. The van der Waals surface area contributed by atoms with Gasteiger partial charge in [0.15, 0.2) is 0 Å². The molecule has 22 heavy (non-hydrogen) atoms. The lowest BCUT2D eigenvalue weighted by molar-refractivity contribution is -0.124. The predicted molar refractivity (Wildman–Crippen MR) is 83.0 cm³/mol. The Labute approximate surface area is 129 Å². The normalized spacial score (nSPS) is 20.0. The molecule has 1 aromatic carbocycles. The summed E-state index contributed by atoms with van der Waals surface area (Å²) in [4.78, 5) is 27.1. The van der Waals surface area contributed by atoms with E-state index >= 15 is 0 Å². The van der Waals surface area contributed by atoms with E-state index < -0.39 is 11.8 Å². The fourth-order valence-corrected chi connectivity index (χ4v) is 2.59. The van der Waals surface area contributed by atoms with Crippen LogP contribution in [0.3, 0.4) is 0 Å². The molecule has 0 bridgehead atoms. The summed E-state index contributed by atoms with van der Waals surface area (Å²) in [7, 11) is 3.27. The summed E-state index contributed by atoms with van der Waals surface area (Å²) in [6, 6.07) is 3.85. The first-order valence-electron chi connectivity index (χ1n) is 7.03. The molecule has 1 aliphatic rings. The molecule has 1 fully saturated rings. The van der Waals surface area contributed by atoms with Crippen molar-refractivity contribution in [3.05, 3.63) is 40.8 Å². The molecule has 2 rings (SSSR count). The maximum absolute atomic E-state index is 14.3. The number of halogens is 1. The first kappa shape index (κ1) is 16.0. The van der Waals surface area contributed by atoms with Gasteiger partial charge in [0.05, 0.1) is 17.4 Å². The van der Waals surface area contributed by atoms with Gasteiger partial charge in [-0.1, -0.05) is 6.07 Å². The number of aryl methyl sites for hydroxylation is 1. The van der Waals surface area contributed by atoms with Crippen LogP contribution >= 0.6 is 0 Å². The lowest BCUT2D eigenvalue weighted by atomic mass is 10.1. The molecule has 0 aromatic heterocycles. The molecule has 1 N–H and O–H groups in total. The molecular formula is C16H20FN3O2. The molecule has 5 nitrogen and oxygen atoms in total. The van der Waals surface area contributed by atoms with Crippen LogP contribution in [0, 0.1) is 12.7 Å². The van der Waals surface area contributed by atoms with Gasteiger partial charge in [0.2, 0.25) is 0 Å². The smallest absolute Gasteiger partial charge is 0.326 e. The zero-order valence-corrected chi connectivity index (χ0v) is 13.4. The Morgan fingerprint density at radius 1 is 1.36 bits per heavy atom. The molecular weight excluding hydrogens is 285 g/mol. The number of carbonyl (C=O) groups is 2. The third kappa shape index (κ3) is 2.68. The number of amides is 3. The highest BCUT2D eigenvalue weighted by molar-refractivity contribution is 6.03. The van der Waals surface area contributed by atoms with Crippen molar-refractivity contribution >= 4 is 17.6 Å². The zero-order chi connectivity index (χ0) is 16.6. The average Bonchev–Trinajstić information content (AvgIpc) is 2.72. The largest absolute Gasteiger partial charge is 0.345 e. The molecule has 118 valence electrons. The summed E-state index contributed by atoms with van der Waals surface area (Å²) < 4.78 is 14.3. The SMILES string of the molecule is C/C(C(=O)N(C)C)=C1/C(C)NC(=O)N1c1ccc(C)cc1F. The monoisotopic (exact) mass is 305 g/mol. The highest BCUT2D eigenvalue weighted by Crippen LogP contribution is 2.31. The number of nitrogens with zero attached hydrogens (tertiary/aromatic N) is 2. The van der Waals surface area contributed by atoms with Gasteiger partial charge >= 0.3 is 6.03 Å². The second kappa shape index (κ2) is 5.79. The molecule has 0 radical (unpaired) electrons. The van der Waals surface area contributed by atoms with Gasteiger partial charge in [-0.05, 0) is 38.5 Å². The minimum absolute atomic E-state index is 0.147. The van der Waals surface area contributed by atoms with Crippen molar-refractivity contribution in [3.63, 3.8) is 0 Å². The van der Waals surface area contributed by atoms with Crippen molar-refractivity contribution in [2.24, 2.45) is 0 Å². The summed E-state index contributed by atoms with van der Waals surface area (Å²) >= 11 is 0. The lowest BCUT2D eigenvalue weighted by Crippen LogP contribution is -2.30. The number of likely N-dealkylation sites (N-methyl/N-ethyl adjacent to an activating group) is 1. The highest BCUT2D eigenvalue weighted by Gasteiger charge is 2.37. The Hall–Kier alpha value is -2.37. The first-order chi connectivity index (χ1) is 10.2. The van der Waals surface area contributed by atoms with Gasteiger partial charge < -0.3 is 10.2 Å². The van der Waals surface area contributed by atoms with E-state index in [4.69, 9.17) is 0 Å². The van der Waals surface area contributed by atoms with Crippen LogP contribution in [0.4, 0.5) is 14.9 Å². The van der Waals surface area contributed by atoms with E-state index in [2.05, 4.69) is 5.32 Å². The number of carbonyl (C=O) groups excluding carboxylic acids is 2. The van der Waals surface area contributed by atoms with Gasteiger partial charge in [0.1, 0.15) is 5.82 Å². The lowest BCUT2D eigenvalue weighted by Gasteiger charge is -2.22. The van der Waals surface area contributed by atoms with Crippen molar-refractivity contribution in [2.45, 2.75) is 26.8 Å². The molecule has 6 heteroatoms. The molecule has 1 heterocycles. The van der Waals surface area contributed by atoms with Crippen LogP contribution in [0.1, 0.15) is 19.4 Å². The molecule has 1 atom stereocenters. The van der Waals surface area contributed by atoms with Crippen LogP contribution in [0.15, 0.2) is 29.5 Å². The van der Waals surface area contributed by atoms with Gasteiger partial charge in [0, 0.05) is 19.7 Å². The molecule has 3 amide bonds. The molecule has 0 spiro atoms. The first-order valence-corrected chi connectivity index (χ1v) is 7.03. The summed E-state index contributed by atoms with van der Waals surface area (Å²) in [6.07, 6.45) is 0. The van der Waals surface area contributed by atoms with Crippen LogP contribution in [0.25, 0.3) is 0 Å². The highest BCUT2D eigenvalue weighted by atomic mass is 19.1.